The van der Waals surface area contributed by atoms with Gasteiger partial charge in [0.25, 0.3) is 5.82 Å². The van der Waals surface area contributed by atoms with Crippen molar-refractivity contribution in [2.75, 3.05) is 11.4 Å². The summed E-state index contributed by atoms with van der Waals surface area (Å²) in [7, 11) is 2.17. The molecule has 3 heterocycles. The summed E-state index contributed by atoms with van der Waals surface area (Å²) < 4.78 is 4.80. The smallest absolute Gasteiger partial charge is 0.374 e. The van der Waals surface area contributed by atoms with Crippen LogP contribution < -0.4 is 9.29 Å². The van der Waals surface area contributed by atoms with E-state index in [4.69, 9.17) is 0 Å². The Balaban J connectivity index is 1.91. The van der Waals surface area contributed by atoms with Gasteiger partial charge in [0.2, 0.25) is 0 Å². The summed E-state index contributed by atoms with van der Waals surface area (Å²) in [6, 6.07) is 6.78. The monoisotopic (exact) mass is 294 g/mol. The van der Waals surface area contributed by atoms with Crippen molar-refractivity contribution < 1.29 is 4.48 Å². The van der Waals surface area contributed by atoms with Gasteiger partial charge in [0.1, 0.15) is 12.4 Å². The van der Waals surface area contributed by atoms with Crippen LogP contribution in [-0.2, 0) is 7.05 Å². The molecular formula is C18H25BN3+. The van der Waals surface area contributed by atoms with Gasteiger partial charge in [0.05, 0.1) is 12.6 Å². The van der Waals surface area contributed by atoms with Gasteiger partial charge in [0.15, 0.2) is 0 Å². The Hall–Kier alpha value is -1.71. The van der Waals surface area contributed by atoms with Crippen LogP contribution in [0.1, 0.15) is 37.7 Å². The molecule has 2 aromatic rings. The molecule has 0 bridgehead atoms. The zero-order chi connectivity index (χ0) is 15.1. The Labute approximate surface area is 133 Å². The number of nitrogens with zero attached hydrogens (tertiary/aromatic N) is 3. The standard InChI is InChI=1S/C18H25BN3/c1-15-9-8-10-16-17(15)18-20(2)13-14-22(18)19-11-6-4-3-5-7-12-21(16)19/h8-10,13-14H,3-7,11-12H2,1-2H3/q+1. The molecule has 0 radical (unpaired) electrons. The van der Waals surface area contributed by atoms with Crippen LogP contribution in [0.3, 0.4) is 0 Å². The molecule has 0 saturated carbocycles. The Morgan fingerprint density at radius 3 is 2.82 bits per heavy atom. The highest BCUT2D eigenvalue weighted by Crippen LogP contribution is 2.37. The maximum absolute atomic E-state index is 2.67. The number of hydrogen-bond donors (Lipinski definition) is 0. The molecule has 0 N–H and O–H groups in total. The summed E-state index contributed by atoms with van der Waals surface area (Å²) in [5.41, 5.74) is 4.24. The lowest BCUT2D eigenvalue weighted by Crippen LogP contribution is -2.65. The van der Waals surface area contributed by atoms with Gasteiger partial charge in [0, 0.05) is 12.2 Å². The lowest BCUT2D eigenvalue weighted by Gasteiger charge is -2.34. The first-order valence-electron chi connectivity index (χ1n) is 8.70. The fourth-order valence-electron chi connectivity index (χ4n) is 4.24. The number of anilines is 1. The van der Waals surface area contributed by atoms with E-state index >= 15 is 0 Å². The number of fused-ring (bicyclic) bond motifs is 6. The van der Waals surface area contributed by atoms with E-state index < -0.39 is 0 Å². The average molecular weight is 294 g/mol. The molecule has 0 atom stereocenters. The number of imidazole rings is 1. The normalized spacial score (nSPS) is 17.9. The van der Waals surface area contributed by atoms with Crippen LogP contribution in [0.4, 0.5) is 5.69 Å². The summed E-state index contributed by atoms with van der Waals surface area (Å²) >= 11 is 0. The second-order valence-corrected chi connectivity index (χ2v) is 6.84. The highest BCUT2D eigenvalue weighted by atomic mass is 15.2. The molecule has 22 heavy (non-hydrogen) atoms. The van der Waals surface area contributed by atoms with Crippen molar-refractivity contribution in [1.82, 2.24) is 4.57 Å². The molecular weight excluding hydrogens is 269 g/mol. The van der Waals surface area contributed by atoms with Crippen LogP contribution >= 0.6 is 0 Å². The second-order valence-electron chi connectivity index (χ2n) is 6.84. The molecule has 0 unspecified atom stereocenters. The van der Waals surface area contributed by atoms with Gasteiger partial charge < -0.3 is 4.81 Å². The minimum Gasteiger partial charge on any atom is -0.374 e. The lowest BCUT2D eigenvalue weighted by molar-refractivity contribution is -0.527. The first kappa shape index (κ1) is 13.9. The first-order valence-corrected chi connectivity index (χ1v) is 8.70. The van der Waals surface area contributed by atoms with Crippen LogP contribution in [-0.4, -0.2) is 18.1 Å². The molecule has 2 aliphatic rings. The third-order valence-electron chi connectivity index (χ3n) is 5.36. The van der Waals surface area contributed by atoms with E-state index in [0.717, 1.165) is 0 Å². The van der Waals surface area contributed by atoms with E-state index in [0.29, 0.717) is 6.98 Å². The van der Waals surface area contributed by atoms with E-state index in [-0.39, 0.29) is 0 Å². The van der Waals surface area contributed by atoms with Crippen molar-refractivity contribution >= 4 is 12.7 Å². The fourth-order valence-corrected chi connectivity index (χ4v) is 4.24. The zero-order valence-electron chi connectivity index (χ0n) is 13.8. The van der Waals surface area contributed by atoms with E-state index in [9.17, 15) is 0 Å². The van der Waals surface area contributed by atoms with Crippen molar-refractivity contribution in [3.05, 3.63) is 36.2 Å². The highest BCUT2D eigenvalue weighted by Gasteiger charge is 2.42. The van der Waals surface area contributed by atoms with Crippen LogP contribution in [0.25, 0.3) is 11.4 Å². The predicted octanol–water partition coefficient (Wildman–Crippen LogP) is 3.41. The quantitative estimate of drug-likeness (QED) is 0.678. The fraction of sp³-hybridized carbons (Fsp3) is 0.500. The zero-order valence-corrected chi connectivity index (χ0v) is 13.8. The van der Waals surface area contributed by atoms with Crippen molar-refractivity contribution in [2.45, 2.75) is 45.3 Å². The lowest BCUT2D eigenvalue weighted by atomic mass is 9.65. The van der Waals surface area contributed by atoms with Crippen molar-refractivity contribution in [1.29, 1.82) is 0 Å². The molecule has 114 valence electrons. The molecule has 1 aromatic carbocycles. The van der Waals surface area contributed by atoms with E-state index in [1.54, 1.807) is 0 Å². The van der Waals surface area contributed by atoms with Gasteiger partial charge in [-0.25, -0.2) is 4.57 Å². The summed E-state index contributed by atoms with van der Waals surface area (Å²) in [5, 5.41) is 0. The summed E-state index contributed by atoms with van der Waals surface area (Å²) in [6.07, 6.45) is 12.5. The van der Waals surface area contributed by atoms with E-state index in [1.807, 2.05) is 0 Å². The third kappa shape index (κ3) is 2.08. The Kier molecular flexibility index (Phi) is 3.48. The third-order valence-corrected chi connectivity index (χ3v) is 5.36. The van der Waals surface area contributed by atoms with Crippen molar-refractivity contribution in [3.8, 4) is 11.4 Å². The molecule has 0 spiro atoms. The van der Waals surface area contributed by atoms with Crippen molar-refractivity contribution in [2.24, 2.45) is 7.05 Å². The molecule has 0 aliphatic carbocycles. The van der Waals surface area contributed by atoms with Crippen LogP contribution in [0.5, 0.6) is 0 Å². The first-order chi connectivity index (χ1) is 10.8. The number of rotatable bonds is 0. The SMILES string of the molecule is Cc1cccc2c1-c1n(C)cc[n+]1B1CCCCCCCN12. The summed E-state index contributed by atoms with van der Waals surface area (Å²) in [4.78, 5) is 2.67. The number of hydrogen-bond acceptors (Lipinski definition) is 1. The number of benzene rings is 1. The molecule has 1 saturated heterocycles. The Bertz CT molecular complexity index is 692. The number of aromatic nitrogens is 2. The Morgan fingerprint density at radius 1 is 1.09 bits per heavy atom. The van der Waals surface area contributed by atoms with Crippen molar-refractivity contribution in [3.63, 3.8) is 0 Å². The average Bonchev–Trinajstić information content (AvgIpc) is 2.94. The number of aryl methyl sites for hydroxylation is 2. The topological polar surface area (TPSA) is 12.0 Å². The van der Waals surface area contributed by atoms with Gasteiger partial charge in [-0.1, -0.05) is 37.8 Å². The maximum Gasteiger partial charge on any atom is 0.501 e. The minimum absolute atomic E-state index is 0.489. The summed E-state index contributed by atoms with van der Waals surface area (Å²) in [6.45, 7) is 3.92. The molecule has 0 amide bonds. The highest BCUT2D eigenvalue weighted by molar-refractivity contribution is 6.55. The van der Waals surface area contributed by atoms with Crippen LogP contribution in [0.15, 0.2) is 30.6 Å². The molecule has 4 heteroatoms. The molecule has 1 aromatic heterocycles. The minimum atomic E-state index is 0.489. The van der Waals surface area contributed by atoms with Gasteiger partial charge in [-0.2, -0.15) is 0 Å². The summed E-state index contributed by atoms with van der Waals surface area (Å²) in [5.74, 6) is 1.37. The molecule has 3 nitrogen and oxygen atoms in total. The van der Waals surface area contributed by atoms with Crippen LogP contribution in [0.2, 0.25) is 6.32 Å². The van der Waals surface area contributed by atoms with E-state index in [2.05, 4.69) is 58.4 Å². The van der Waals surface area contributed by atoms with Gasteiger partial charge in [-0.15, -0.1) is 0 Å². The Morgan fingerprint density at radius 2 is 1.91 bits per heavy atom. The largest absolute Gasteiger partial charge is 0.501 e. The molecule has 2 aliphatic heterocycles. The maximum atomic E-state index is 2.67. The van der Waals surface area contributed by atoms with Gasteiger partial charge in [-0.05, 0) is 31.3 Å². The van der Waals surface area contributed by atoms with Gasteiger partial charge in [-0.3, -0.25) is 4.48 Å². The van der Waals surface area contributed by atoms with E-state index in [1.165, 1.54) is 67.6 Å². The predicted molar refractivity (Wildman–Crippen MR) is 92.2 cm³/mol. The molecule has 4 rings (SSSR count). The van der Waals surface area contributed by atoms with Gasteiger partial charge >= 0.3 is 6.98 Å². The second kappa shape index (κ2) is 5.49. The molecule has 1 fully saturated rings. The van der Waals surface area contributed by atoms with Crippen LogP contribution in [0, 0.1) is 6.92 Å².